The summed E-state index contributed by atoms with van der Waals surface area (Å²) in [5.74, 6) is 0. The number of amides is 2. The highest BCUT2D eigenvalue weighted by molar-refractivity contribution is 5.80. The number of nitrogens with one attached hydrogen (secondary N) is 1. The molecule has 1 N–H and O–H groups in total. The van der Waals surface area contributed by atoms with Gasteiger partial charge in [0.1, 0.15) is 0 Å². The topological polar surface area (TPSA) is 47.9 Å². The van der Waals surface area contributed by atoms with Crippen molar-refractivity contribution in [1.29, 1.82) is 0 Å². The van der Waals surface area contributed by atoms with Gasteiger partial charge < -0.3 is 10.2 Å². The number of likely N-dealkylation sites (tertiary alicyclic amines) is 1. The molecule has 5 heteroatoms. The van der Waals surface area contributed by atoms with Crippen molar-refractivity contribution in [2.75, 3.05) is 26.7 Å². The first-order chi connectivity index (χ1) is 13.9. The standard InChI is InChI=1S/C22H34N4O.C2H6/c1-17(2)21(24-18(3)4)16-25-13-11-20(12-14-25)26(22(27)23-5)15-19-9-7-6-8-10-19;1-2/h6-10,20H,11-16H2,1-5H3,(H,23,27);1-2H3. The van der Waals surface area contributed by atoms with E-state index in [0.29, 0.717) is 6.54 Å². The second kappa shape index (κ2) is 13.2. The van der Waals surface area contributed by atoms with E-state index in [4.69, 9.17) is 4.99 Å². The summed E-state index contributed by atoms with van der Waals surface area (Å²) in [5, 5.41) is 2.81. The number of benzene rings is 1. The summed E-state index contributed by atoms with van der Waals surface area (Å²) >= 11 is 0. The summed E-state index contributed by atoms with van der Waals surface area (Å²) in [5.41, 5.74) is 4.70. The largest absolute Gasteiger partial charge is 0.341 e. The van der Waals surface area contributed by atoms with Gasteiger partial charge in [-0.3, -0.25) is 9.89 Å². The van der Waals surface area contributed by atoms with Gasteiger partial charge in [0.25, 0.3) is 0 Å². The minimum absolute atomic E-state index is 0.00787. The van der Waals surface area contributed by atoms with Gasteiger partial charge in [-0.2, -0.15) is 0 Å². The number of urea groups is 1. The van der Waals surface area contributed by atoms with Crippen molar-refractivity contribution >= 4 is 11.7 Å². The third-order valence-corrected chi connectivity index (χ3v) is 4.98. The predicted molar refractivity (Wildman–Crippen MR) is 124 cm³/mol. The van der Waals surface area contributed by atoms with E-state index in [9.17, 15) is 4.79 Å². The number of hydrogen-bond donors (Lipinski definition) is 1. The third kappa shape index (κ3) is 8.40. The van der Waals surface area contributed by atoms with E-state index in [-0.39, 0.29) is 12.1 Å². The van der Waals surface area contributed by atoms with Gasteiger partial charge in [-0.05, 0) is 46.1 Å². The molecule has 0 unspecified atom stereocenters. The molecule has 1 aromatic rings. The molecular formula is C24H40N4O. The molecular weight excluding hydrogens is 360 g/mol. The number of piperidine rings is 1. The van der Waals surface area contributed by atoms with E-state index in [1.165, 1.54) is 16.8 Å². The average molecular weight is 401 g/mol. The van der Waals surface area contributed by atoms with Crippen LogP contribution >= 0.6 is 0 Å². The van der Waals surface area contributed by atoms with Gasteiger partial charge >= 0.3 is 6.03 Å². The number of nitrogens with zero attached hydrogens (tertiary/aromatic N) is 3. The molecule has 0 atom stereocenters. The zero-order valence-corrected chi connectivity index (χ0v) is 19.5. The number of carbonyl (C=O) groups excluding carboxylic acids is 1. The average Bonchev–Trinajstić information content (AvgIpc) is 2.73. The number of allylic oxidation sites excluding steroid dienone is 1. The van der Waals surface area contributed by atoms with Crippen LogP contribution in [0.3, 0.4) is 0 Å². The summed E-state index contributed by atoms with van der Waals surface area (Å²) in [7, 11) is 1.71. The Labute approximate surface area is 177 Å². The molecule has 0 aromatic heterocycles. The van der Waals surface area contributed by atoms with E-state index in [0.717, 1.165) is 38.2 Å². The Kier molecular flexibility index (Phi) is 11.3. The summed E-state index contributed by atoms with van der Waals surface area (Å²) in [6.07, 6.45) is 1.98. The van der Waals surface area contributed by atoms with Gasteiger partial charge in [0.15, 0.2) is 0 Å². The molecule has 5 nitrogen and oxygen atoms in total. The van der Waals surface area contributed by atoms with E-state index in [1.807, 2.05) is 50.8 Å². The zero-order chi connectivity index (χ0) is 21.8. The van der Waals surface area contributed by atoms with Gasteiger partial charge in [-0.15, -0.1) is 0 Å². The van der Waals surface area contributed by atoms with Crippen LogP contribution in [0.25, 0.3) is 0 Å². The van der Waals surface area contributed by atoms with Crippen LogP contribution in [0.2, 0.25) is 0 Å². The maximum absolute atomic E-state index is 12.5. The molecule has 1 aliphatic rings. The van der Waals surface area contributed by atoms with Crippen LogP contribution in [-0.2, 0) is 6.54 Å². The van der Waals surface area contributed by atoms with E-state index in [1.54, 1.807) is 7.05 Å². The SMILES string of the molecule is CC.CNC(=O)N(Cc1ccccc1)C1CCN(CC(N=C(C)C)=C(C)C)CC1. The van der Waals surface area contributed by atoms with Crippen LogP contribution in [0.1, 0.15) is 59.9 Å². The van der Waals surface area contributed by atoms with Crippen LogP contribution in [0.15, 0.2) is 46.6 Å². The van der Waals surface area contributed by atoms with Gasteiger partial charge in [-0.1, -0.05) is 49.8 Å². The smallest absolute Gasteiger partial charge is 0.317 e. The summed E-state index contributed by atoms with van der Waals surface area (Å²) in [4.78, 5) is 21.6. The molecule has 162 valence electrons. The van der Waals surface area contributed by atoms with Crippen molar-refractivity contribution in [3.05, 3.63) is 47.2 Å². The first-order valence-electron chi connectivity index (χ1n) is 10.8. The molecule has 2 amide bonds. The minimum Gasteiger partial charge on any atom is -0.341 e. The molecule has 1 saturated heterocycles. The first-order valence-corrected chi connectivity index (χ1v) is 10.8. The molecule has 0 bridgehead atoms. The lowest BCUT2D eigenvalue weighted by molar-refractivity contribution is 0.121. The monoisotopic (exact) mass is 400 g/mol. The number of carbonyl (C=O) groups is 1. The molecule has 0 spiro atoms. The second-order valence-electron chi connectivity index (χ2n) is 7.68. The molecule has 2 rings (SSSR count). The number of rotatable bonds is 6. The molecule has 0 radical (unpaired) electrons. The maximum Gasteiger partial charge on any atom is 0.317 e. The van der Waals surface area contributed by atoms with Crippen LogP contribution in [0, 0.1) is 0 Å². The Balaban J connectivity index is 0.00000204. The van der Waals surface area contributed by atoms with Gasteiger partial charge in [0.2, 0.25) is 0 Å². The Bertz CT molecular complexity index is 665. The molecule has 1 fully saturated rings. The fraction of sp³-hybridized carbons (Fsp3) is 0.583. The number of aliphatic imine (C=N–C) groups is 1. The Morgan fingerprint density at radius 1 is 1.10 bits per heavy atom. The van der Waals surface area contributed by atoms with Crippen molar-refractivity contribution in [1.82, 2.24) is 15.1 Å². The zero-order valence-electron chi connectivity index (χ0n) is 19.5. The maximum atomic E-state index is 12.5. The Morgan fingerprint density at radius 3 is 2.17 bits per heavy atom. The number of hydrogen-bond acceptors (Lipinski definition) is 3. The first kappa shape index (κ1) is 24.9. The quantitative estimate of drug-likeness (QED) is 0.676. The predicted octanol–water partition coefficient (Wildman–Crippen LogP) is 5.09. The van der Waals surface area contributed by atoms with E-state index >= 15 is 0 Å². The Hall–Kier alpha value is -2.14. The fourth-order valence-electron chi connectivity index (χ4n) is 3.47. The minimum atomic E-state index is 0.00787. The van der Waals surface area contributed by atoms with Gasteiger partial charge in [0, 0.05) is 45.0 Å². The van der Waals surface area contributed by atoms with Crippen molar-refractivity contribution in [2.45, 2.75) is 67.0 Å². The van der Waals surface area contributed by atoms with Crippen LogP contribution < -0.4 is 5.32 Å². The molecule has 0 saturated carbocycles. The molecule has 1 aliphatic heterocycles. The van der Waals surface area contributed by atoms with Crippen molar-refractivity contribution in [3.63, 3.8) is 0 Å². The van der Waals surface area contributed by atoms with Gasteiger partial charge in [-0.25, -0.2) is 4.79 Å². The van der Waals surface area contributed by atoms with E-state index < -0.39 is 0 Å². The summed E-state index contributed by atoms with van der Waals surface area (Å²) < 4.78 is 0. The van der Waals surface area contributed by atoms with E-state index in [2.05, 4.69) is 36.2 Å². The Morgan fingerprint density at radius 2 is 1.69 bits per heavy atom. The fourth-order valence-corrected chi connectivity index (χ4v) is 3.47. The van der Waals surface area contributed by atoms with Crippen LogP contribution in [0.5, 0.6) is 0 Å². The molecule has 1 aromatic carbocycles. The van der Waals surface area contributed by atoms with Crippen LogP contribution in [0.4, 0.5) is 4.79 Å². The highest BCUT2D eigenvalue weighted by atomic mass is 16.2. The second-order valence-corrected chi connectivity index (χ2v) is 7.68. The normalized spacial score (nSPS) is 14.3. The molecule has 0 aliphatic carbocycles. The van der Waals surface area contributed by atoms with Crippen molar-refractivity contribution < 1.29 is 4.79 Å². The molecule has 1 heterocycles. The van der Waals surface area contributed by atoms with Crippen LogP contribution in [-0.4, -0.2) is 54.3 Å². The highest BCUT2D eigenvalue weighted by Gasteiger charge is 2.28. The summed E-state index contributed by atoms with van der Waals surface area (Å²) in [6.45, 7) is 15.9. The van der Waals surface area contributed by atoms with Gasteiger partial charge in [0.05, 0.1) is 5.70 Å². The summed E-state index contributed by atoms with van der Waals surface area (Å²) in [6, 6.07) is 10.5. The highest BCUT2D eigenvalue weighted by Crippen LogP contribution is 2.21. The van der Waals surface area contributed by atoms with Crippen molar-refractivity contribution in [3.8, 4) is 0 Å². The lowest BCUT2D eigenvalue weighted by Crippen LogP contribution is -2.49. The van der Waals surface area contributed by atoms with Crippen molar-refractivity contribution in [2.24, 2.45) is 4.99 Å². The lowest BCUT2D eigenvalue weighted by atomic mass is 10.0. The third-order valence-electron chi connectivity index (χ3n) is 4.98. The molecule has 29 heavy (non-hydrogen) atoms. The lowest BCUT2D eigenvalue weighted by Gasteiger charge is -2.38.